The number of nitrogens with zero attached hydrogens (tertiary/aromatic N) is 7. The highest BCUT2D eigenvalue weighted by Crippen LogP contribution is 2.25. The number of fused-ring (bicyclic) bond motifs is 2. The van der Waals surface area contributed by atoms with Gasteiger partial charge in [0.05, 0.1) is 12.7 Å². The first kappa shape index (κ1) is 19.6. The van der Waals surface area contributed by atoms with Gasteiger partial charge in [0, 0.05) is 5.41 Å². The molecule has 0 amide bonds. The number of aliphatic imine (C=N–C) groups is 1. The lowest BCUT2D eigenvalue weighted by Crippen LogP contribution is -2.37. The number of imidazole rings is 2. The largest absolute Gasteiger partial charge is 0.368 e. The standard InChI is InChI=1S/C17H19N13O2/c1-17(2,3)12-26-15(28-13-22-8-6(10(31)24-13)18-4-20-8)30-16(27-12)29-14-23-9-7(11(32)25-14)19-5-21-9/h4-5,10,31H,1-3H3,(H,18,20)(H5,19,21,22,23,24,25,26,27,28,29,30,32). The van der Waals surface area contributed by atoms with Gasteiger partial charge in [-0.2, -0.15) is 24.9 Å². The van der Waals surface area contributed by atoms with E-state index >= 15 is 0 Å². The van der Waals surface area contributed by atoms with E-state index in [1.807, 2.05) is 20.8 Å². The third-order valence-electron chi connectivity index (χ3n) is 4.46. The molecule has 0 radical (unpaired) electrons. The highest BCUT2D eigenvalue weighted by atomic mass is 16.3. The molecule has 1 atom stereocenters. The van der Waals surface area contributed by atoms with E-state index in [9.17, 15) is 9.90 Å². The molecule has 0 bridgehead atoms. The van der Waals surface area contributed by atoms with Gasteiger partial charge in [0.15, 0.2) is 23.2 Å². The van der Waals surface area contributed by atoms with Gasteiger partial charge in [-0.3, -0.25) is 20.4 Å². The first-order valence-corrected chi connectivity index (χ1v) is 9.57. The van der Waals surface area contributed by atoms with Gasteiger partial charge in [-0.05, 0) is 0 Å². The molecule has 15 nitrogen and oxygen atoms in total. The molecular formula is C17H19N13O2. The first-order chi connectivity index (χ1) is 15.3. The number of aromatic amines is 3. The van der Waals surface area contributed by atoms with Crippen LogP contribution in [-0.4, -0.2) is 55.9 Å². The number of aliphatic hydroxyl groups excluding tert-OH is 1. The molecule has 0 spiro atoms. The fourth-order valence-corrected chi connectivity index (χ4v) is 2.93. The van der Waals surface area contributed by atoms with Crippen molar-refractivity contribution in [1.29, 1.82) is 0 Å². The van der Waals surface area contributed by atoms with Crippen LogP contribution in [0.4, 0.5) is 23.7 Å². The smallest absolute Gasteiger partial charge is 0.280 e. The summed E-state index contributed by atoms with van der Waals surface area (Å²) in [6.07, 6.45) is 1.78. The maximum absolute atomic E-state index is 12.2. The molecule has 164 valence electrons. The minimum absolute atomic E-state index is 0.134. The zero-order chi connectivity index (χ0) is 22.5. The van der Waals surface area contributed by atoms with E-state index in [1.165, 1.54) is 12.7 Å². The quantitative estimate of drug-likeness (QED) is 0.231. The van der Waals surface area contributed by atoms with Crippen molar-refractivity contribution in [2.75, 3.05) is 10.6 Å². The lowest BCUT2D eigenvalue weighted by atomic mass is 9.96. The number of aromatic nitrogens is 9. The predicted octanol–water partition coefficient (Wildman–Crippen LogP) is 0.289. The van der Waals surface area contributed by atoms with Crippen molar-refractivity contribution in [3.8, 4) is 0 Å². The molecule has 1 aliphatic heterocycles. The number of H-pyrrole nitrogens is 3. The molecule has 1 aliphatic rings. The second kappa shape index (κ2) is 7.09. The van der Waals surface area contributed by atoms with Crippen molar-refractivity contribution < 1.29 is 5.11 Å². The van der Waals surface area contributed by atoms with Crippen molar-refractivity contribution in [1.82, 2.24) is 50.2 Å². The number of rotatable bonds is 3. The summed E-state index contributed by atoms with van der Waals surface area (Å²) in [5, 5.41) is 18.8. The summed E-state index contributed by atoms with van der Waals surface area (Å²) >= 11 is 0. The van der Waals surface area contributed by atoms with Crippen LogP contribution in [0.15, 0.2) is 22.4 Å². The third kappa shape index (κ3) is 3.60. The number of nitrogens with one attached hydrogen (secondary N) is 6. The van der Waals surface area contributed by atoms with E-state index in [-0.39, 0.29) is 29.3 Å². The molecule has 0 fully saturated rings. The lowest BCUT2D eigenvalue weighted by molar-refractivity contribution is 0.157. The maximum atomic E-state index is 12.2. The van der Waals surface area contributed by atoms with Gasteiger partial charge in [0.2, 0.25) is 23.8 Å². The number of anilines is 3. The molecule has 0 aliphatic carbocycles. The van der Waals surface area contributed by atoms with E-state index in [0.717, 1.165) is 0 Å². The van der Waals surface area contributed by atoms with E-state index in [1.54, 1.807) is 0 Å². The van der Waals surface area contributed by atoms with Crippen LogP contribution < -0.4 is 21.5 Å². The number of guanidine groups is 1. The van der Waals surface area contributed by atoms with Crippen LogP contribution in [0.25, 0.3) is 11.2 Å². The molecular weight excluding hydrogens is 418 g/mol. The average molecular weight is 437 g/mol. The summed E-state index contributed by atoms with van der Waals surface area (Å²) in [6.45, 7) is 5.84. The van der Waals surface area contributed by atoms with E-state index < -0.39 is 17.2 Å². The molecule has 0 aromatic carbocycles. The van der Waals surface area contributed by atoms with Gasteiger partial charge in [0.1, 0.15) is 11.5 Å². The summed E-state index contributed by atoms with van der Waals surface area (Å²) < 4.78 is 0. The van der Waals surface area contributed by atoms with Crippen molar-refractivity contribution in [2.45, 2.75) is 32.4 Å². The Kier molecular flexibility index (Phi) is 4.33. The summed E-state index contributed by atoms with van der Waals surface area (Å²) in [5.41, 5.74) is 0.0780. The van der Waals surface area contributed by atoms with Crippen LogP contribution in [0.1, 0.15) is 38.5 Å². The Labute approximate surface area is 179 Å². The van der Waals surface area contributed by atoms with Crippen LogP contribution >= 0.6 is 0 Å². The Hall–Kier alpha value is -4.40. The lowest BCUT2D eigenvalue weighted by Gasteiger charge is -2.21. The van der Waals surface area contributed by atoms with Crippen LogP contribution in [0.5, 0.6) is 0 Å². The van der Waals surface area contributed by atoms with E-state index in [0.29, 0.717) is 23.0 Å². The van der Waals surface area contributed by atoms with Crippen molar-refractivity contribution in [2.24, 2.45) is 4.99 Å². The highest BCUT2D eigenvalue weighted by Gasteiger charge is 2.25. The van der Waals surface area contributed by atoms with Gasteiger partial charge in [-0.1, -0.05) is 20.8 Å². The Morgan fingerprint density at radius 3 is 2.53 bits per heavy atom. The molecule has 4 aromatic heterocycles. The molecule has 4 aromatic rings. The molecule has 15 heteroatoms. The summed E-state index contributed by atoms with van der Waals surface area (Å²) in [4.78, 5) is 50.2. The fraction of sp³-hybridized carbons (Fsp3) is 0.294. The zero-order valence-electron chi connectivity index (χ0n) is 17.2. The number of aliphatic hydroxyl groups is 1. The first-order valence-electron chi connectivity index (χ1n) is 9.57. The van der Waals surface area contributed by atoms with Crippen LogP contribution in [-0.2, 0) is 5.41 Å². The van der Waals surface area contributed by atoms with Gasteiger partial charge in [0.25, 0.3) is 5.56 Å². The molecule has 0 saturated carbocycles. The fourth-order valence-electron chi connectivity index (χ4n) is 2.93. The molecule has 5 rings (SSSR count). The summed E-state index contributed by atoms with van der Waals surface area (Å²) in [7, 11) is 0. The third-order valence-corrected chi connectivity index (χ3v) is 4.46. The molecule has 7 N–H and O–H groups in total. The normalized spacial score (nSPS) is 15.8. The van der Waals surface area contributed by atoms with Gasteiger partial charge in [-0.25, -0.2) is 9.97 Å². The van der Waals surface area contributed by atoms with E-state index in [4.69, 9.17) is 0 Å². The second-order valence-electron chi connectivity index (χ2n) is 7.96. The topological polar surface area (TPSA) is 210 Å². The second-order valence-corrected chi connectivity index (χ2v) is 7.96. The van der Waals surface area contributed by atoms with Gasteiger partial charge >= 0.3 is 0 Å². The Bertz CT molecular complexity index is 1390. The Morgan fingerprint density at radius 2 is 1.75 bits per heavy atom. The molecule has 1 unspecified atom stereocenters. The van der Waals surface area contributed by atoms with Crippen molar-refractivity contribution >= 4 is 40.8 Å². The SMILES string of the molecule is CC(C)(C)c1nc(NC2=Nc3[nH]cnc3C(O)N2)nc(Nc2nc3[nH]cnc3c(=O)[nH]2)n1. The average Bonchev–Trinajstić information content (AvgIpc) is 3.37. The molecule has 0 saturated heterocycles. The zero-order valence-corrected chi connectivity index (χ0v) is 17.2. The molecule has 32 heavy (non-hydrogen) atoms. The number of hydrogen-bond acceptors (Lipinski definition) is 12. The van der Waals surface area contributed by atoms with Crippen LogP contribution in [0, 0.1) is 0 Å². The van der Waals surface area contributed by atoms with Crippen molar-refractivity contribution in [3.63, 3.8) is 0 Å². The summed E-state index contributed by atoms with van der Waals surface area (Å²) in [6, 6.07) is 0. The maximum Gasteiger partial charge on any atom is 0.280 e. The van der Waals surface area contributed by atoms with E-state index in [2.05, 4.69) is 65.8 Å². The predicted molar refractivity (Wildman–Crippen MR) is 114 cm³/mol. The van der Waals surface area contributed by atoms with Crippen LogP contribution in [0.3, 0.4) is 0 Å². The molecule has 5 heterocycles. The summed E-state index contributed by atoms with van der Waals surface area (Å²) in [5.74, 6) is 1.55. The minimum Gasteiger partial charge on any atom is -0.368 e. The van der Waals surface area contributed by atoms with Gasteiger partial charge in [-0.15, -0.1) is 0 Å². The number of hydrogen-bond donors (Lipinski definition) is 7. The van der Waals surface area contributed by atoms with Crippen LogP contribution in [0.2, 0.25) is 0 Å². The van der Waals surface area contributed by atoms with Gasteiger partial charge < -0.3 is 20.4 Å². The Morgan fingerprint density at radius 1 is 1.00 bits per heavy atom. The Balaban J connectivity index is 1.49. The highest BCUT2D eigenvalue weighted by molar-refractivity contribution is 5.95. The monoisotopic (exact) mass is 437 g/mol. The minimum atomic E-state index is -1.05. The van der Waals surface area contributed by atoms with Crippen molar-refractivity contribution in [3.05, 3.63) is 34.5 Å².